The standard InChI is InChI=1S/C9H12N2S/c1-8-3-6-12-9(8)7-11-5-2-4-10/h3,6,11H,2,5,7H2,1H3. The molecule has 1 aromatic heterocycles. The van der Waals surface area contributed by atoms with Crippen molar-refractivity contribution in [3.63, 3.8) is 0 Å². The zero-order valence-electron chi connectivity index (χ0n) is 7.13. The molecule has 1 aromatic rings. The van der Waals surface area contributed by atoms with Crippen LogP contribution in [0.5, 0.6) is 0 Å². The van der Waals surface area contributed by atoms with E-state index in [1.807, 2.05) is 0 Å². The highest BCUT2D eigenvalue weighted by atomic mass is 32.1. The van der Waals surface area contributed by atoms with E-state index in [1.54, 1.807) is 11.3 Å². The van der Waals surface area contributed by atoms with E-state index in [9.17, 15) is 0 Å². The maximum atomic E-state index is 8.29. The molecule has 0 atom stereocenters. The molecule has 1 heterocycles. The Morgan fingerprint density at radius 2 is 2.50 bits per heavy atom. The normalized spacial score (nSPS) is 9.67. The molecular weight excluding hydrogens is 168 g/mol. The van der Waals surface area contributed by atoms with E-state index < -0.39 is 0 Å². The SMILES string of the molecule is Cc1ccsc1CNCCC#N. The Kier molecular flexibility index (Phi) is 3.78. The summed E-state index contributed by atoms with van der Waals surface area (Å²) < 4.78 is 0. The Balaban J connectivity index is 2.25. The predicted octanol–water partition coefficient (Wildman–Crippen LogP) is 2.06. The van der Waals surface area contributed by atoms with Crippen LogP contribution in [0.4, 0.5) is 0 Å². The molecule has 12 heavy (non-hydrogen) atoms. The number of nitrogens with one attached hydrogen (secondary N) is 1. The first-order valence-electron chi connectivity index (χ1n) is 3.95. The van der Waals surface area contributed by atoms with E-state index in [4.69, 9.17) is 5.26 Å². The van der Waals surface area contributed by atoms with Gasteiger partial charge in [0.15, 0.2) is 0 Å². The van der Waals surface area contributed by atoms with E-state index >= 15 is 0 Å². The zero-order valence-corrected chi connectivity index (χ0v) is 7.95. The van der Waals surface area contributed by atoms with Crippen LogP contribution in [0.25, 0.3) is 0 Å². The average molecular weight is 180 g/mol. The van der Waals surface area contributed by atoms with Crippen molar-refractivity contribution < 1.29 is 0 Å². The molecule has 2 nitrogen and oxygen atoms in total. The van der Waals surface area contributed by atoms with E-state index in [0.717, 1.165) is 13.1 Å². The molecule has 0 radical (unpaired) electrons. The predicted molar refractivity (Wildman–Crippen MR) is 51.0 cm³/mol. The summed E-state index contributed by atoms with van der Waals surface area (Å²) in [4.78, 5) is 1.37. The minimum Gasteiger partial charge on any atom is -0.311 e. The van der Waals surface area contributed by atoms with Crippen LogP contribution in [0, 0.1) is 18.3 Å². The van der Waals surface area contributed by atoms with Gasteiger partial charge in [-0.15, -0.1) is 11.3 Å². The molecule has 0 saturated heterocycles. The monoisotopic (exact) mass is 180 g/mol. The topological polar surface area (TPSA) is 35.8 Å². The van der Waals surface area contributed by atoms with Gasteiger partial charge in [0, 0.05) is 24.4 Å². The number of hydrogen-bond acceptors (Lipinski definition) is 3. The third kappa shape index (κ3) is 2.65. The molecule has 0 fully saturated rings. The van der Waals surface area contributed by atoms with Gasteiger partial charge in [-0.3, -0.25) is 0 Å². The second-order valence-corrected chi connectivity index (χ2v) is 3.61. The molecule has 0 aliphatic heterocycles. The molecule has 0 spiro atoms. The Labute approximate surface area is 76.8 Å². The second kappa shape index (κ2) is 4.91. The highest BCUT2D eigenvalue weighted by Crippen LogP contribution is 2.14. The van der Waals surface area contributed by atoms with Crippen LogP contribution < -0.4 is 5.32 Å². The van der Waals surface area contributed by atoms with Gasteiger partial charge >= 0.3 is 0 Å². The maximum Gasteiger partial charge on any atom is 0.0635 e. The Morgan fingerprint density at radius 1 is 1.67 bits per heavy atom. The first-order chi connectivity index (χ1) is 5.84. The lowest BCUT2D eigenvalue weighted by atomic mass is 10.3. The summed E-state index contributed by atoms with van der Waals surface area (Å²) in [6, 6.07) is 4.22. The molecule has 64 valence electrons. The highest BCUT2D eigenvalue weighted by Gasteiger charge is 1.97. The zero-order chi connectivity index (χ0) is 8.81. The smallest absolute Gasteiger partial charge is 0.0635 e. The summed E-state index contributed by atoms with van der Waals surface area (Å²) in [5.41, 5.74) is 1.34. The molecule has 0 aromatic carbocycles. The van der Waals surface area contributed by atoms with Gasteiger partial charge in [0.2, 0.25) is 0 Å². The first-order valence-corrected chi connectivity index (χ1v) is 4.83. The van der Waals surface area contributed by atoms with Crippen LogP contribution in [-0.2, 0) is 6.54 Å². The van der Waals surface area contributed by atoms with Crippen molar-refractivity contribution in [2.24, 2.45) is 0 Å². The lowest BCUT2D eigenvalue weighted by Gasteiger charge is -1.99. The highest BCUT2D eigenvalue weighted by molar-refractivity contribution is 7.10. The number of nitriles is 1. The van der Waals surface area contributed by atoms with Gasteiger partial charge in [0.05, 0.1) is 6.07 Å². The fourth-order valence-corrected chi connectivity index (χ4v) is 1.81. The van der Waals surface area contributed by atoms with E-state index in [-0.39, 0.29) is 0 Å². The third-order valence-electron chi connectivity index (χ3n) is 1.67. The number of thiophene rings is 1. The summed E-state index contributed by atoms with van der Waals surface area (Å²) in [6.07, 6.45) is 0.588. The van der Waals surface area contributed by atoms with E-state index in [0.29, 0.717) is 6.42 Å². The second-order valence-electron chi connectivity index (χ2n) is 2.61. The summed E-state index contributed by atoms with van der Waals surface area (Å²) in [6.45, 7) is 3.79. The van der Waals surface area contributed by atoms with Crippen molar-refractivity contribution in [1.29, 1.82) is 5.26 Å². The van der Waals surface area contributed by atoms with Crippen molar-refractivity contribution >= 4 is 11.3 Å². The van der Waals surface area contributed by atoms with Crippen LogP contribution in [0.3, 0.4) is 0 Å². The van der Waals surface area contributed by atoms with Gasteiger partial charge < -0.3 is 5.32 Å². The Hall–Kier alpha value is -0.850. The van der Waals surface area contributed by atoms with Gasteiger partial charge in [-0.2, -0.15) is 5.26 Å². The van der Waals surface area contributed by atoms with Crippen molar-refractivity contribution in [3.05, 3.63) is 21.9 Å². The lowest BCUT2D eigenvalue weighted by molar-refractivity contribution is 0.704. The van der Waals surface area contributed by atoms with Gasteiger partial charge in [-0.1, -0.05) is 0 Å². The molecule has 0 saturated carbocycles. The van der Waals surface area contributed by atoms with Gasteiger partial charge in [-0.25, -0.2) is 0 Å². The maximum absolute atomic E-state index is 8.29. The number of rotatable bonds is 4. The number of nitrogens with zero attached hydrogens (tertiary/aromatic N) is 1. The minimum atomic E-state index is 0.588. The summed E-state index contributed by atoms with van der Waals surface area (Å²) >= 11 is 1.76. The molecule has 0 unspecified atom stereocenters. The largest absolute Gasteiger partial charge is 0.311 e. The quantitative estimate of drug-likeness (QED) is 0.720. The molecule has 1 rings (SSSR count). The Bertz CT molecular complexity index is 272. The molecule has 0 amide bonds. The van der Waals surface area contributed by atoms with Crippen LogP contribution in [0.2, 0.25) is 0 Å². The fourth-order valence-electron chi connectivity index (χ4n) is 0.931. The summed E-state index contributed by atoms with van der Waals surface area (Å²) in [7, 11) is 0. The molecule has 3 heteroatoms. The molecule has 0 bridgehead atoms. The van der Waals surface area contributed by atoms with Crippen LogP contribution >= 0.6 is 11.3 Å². The van der Waals surface area contributed by atoms with E-state index in [1.165, 1.54) is 10.4 Å². The van der Waals surface area contributed by atoms with Crippen molar-refractivity contribution in [1.82, 2.24) is 5.32 Å². The average Bonchev–Trinajstić information content (AvgIpc) is 2.46. The van der Waals surface area contributed by atoms with Crippen LogP contribution in [0.15, 0.2) is 11.4 Å². The summed E-state index contributed by atoms with van der Waals surface area (Å²) in [5, 5.41) is 13.6. The lowest BCUT2D eigenvalue weighted by Crippen LogP contribution is -2.13. The minimum absolute atomic E-state index is 0.588. The molecule has 0 aliphatic rings. The van der Waals surface area contributed by atoms with Gasteiger partial charge in [0.25, 0.3) is 0 Å². The van der Waals surface area contributed by atoms with Crippen molar-refractivity contribution in [2.45, 2.75) is 19.9 Å². The third-order valence-corrected chi connectivity index (χ3v) is 2.69. The molecular formula is C9H12N2S. The van der Waals surface area contributed by atoms with Crippen molar-refractivity contribution in [3.8, 4) is 6.07 Å². The van der Waals surface area contributed by atoms with E-state index in [2.05, 4.69) is 29.8 Å². The van der Waals surface area contributed by atoms with Gasteiger partial charge in [0.1, 0.15) is 0 Å². The van der Waals surface area contributed by atoms with Gasteiger partial charge in [-0.05, 0) is 23.9 Å². The van der Waals surface area contributed by atoms with Crippen molar-refractivity contribution in [2.75, 3.05) is 6.54 Å². The summed E-state index contributed by atoms with van der Waals surface area (Å²) in [5.74, 6) is 0. The first kappa shape index (κ1) is 9.24. The fraction of sp³-hybridized carbons (Fsp3) is 0.444. The Morgan fingerprint density at radius 3 is 3.08 bits per heavy atom. The molecule has 0 aliphatic carbocycles. The van der Waals surface area contributed by atoms with Crippen LogP contribution in [0.1, 0.15) is 16.9 Å². The number of hydrogen-bond donors (Lipinski definition) is 1. The number of aryl methyl sites for hydroxylation is 1. The molecule has 1 N–H and O–H groups in total. The van der Waals surface area contributed by atoms with Crippen LogP contribution in [-0.4, -0.2) is 6.54 Å².